The second-order valence-electron chi connectivity index (χ2n) is 5.85. The van der Waals surface area contributed by atoms with Crippen molar-refractivity contribution in [3.8, 4) is 0 Å². The highest BCUT2D eigenvalue weighted by Crippen LogP contribution is 2.20. The fourth-order valence-electron chi connectivity index (χ4n) is 2.39. The number of hydrogen-bond acceptors (Lipinski definition) is 6. The highest BCUT2D eigenvalue weighted by Gasteiger charge is 2.10. The van der Waals surface area contributed by atoms with Gasteiger partial charge in [-0.3, -0.25) is 4.79 Å². The molecule has 7 nitrogen and oxygen atoms in total. The Hall–Kier alpha value is -3.13. The number of carbonyl (C=O) groups is 1. The number of aromatic amines is 1. The molecule has 3 aromatic rings. The molecule has 8 heteroatoms. The van der Waals surface area contributed by atoms with Crippen LogP contribution in [0.5, 0.6) is 0 Å². The zero-order valence-electron chi connectivity index (χ0n) is 15.1. The van der Waals surface area contributed by atoms with Crippen molar-refractivity contribution in [3.05, 3.63) is 65.2 Å². The topological polar surface area (TPSA) is 95.1 Å². The largest absolute Gasteiger partial charge is 0.325 e. The smallest absolute Gasteiger partial charge is 0.240 e. The normalized spacial score (nSPS) is 10.9. The monoisotopic (exact) mass is 380 g/mol. The molecule has 1 amide bonds. The molecule has 0 aliphatic carbocycles. The number of thioether (sulfide) groups is 1. The Kier molecular flexibility index (Phi) is 6.22. The van der Waals surface area contributed by atoms with Crippen molar-refractivity contribution in [1.29, 1.82) is 0 Å². The average Bonchev–Trinajstić information content (AvgIpc) is 3.12. The number of aryl methyl sites for hydroxylation is 2. The van der Waals surface area contributed by atoms with Crippen molar-refractivity contribution in [2.24, 2.45) is 5.10 Å². The Labute approximate surface area is 161 Å². The van der Waals surface area contributed by atoms with Crippen LogP contribution in [0.4, 0.5) is 11.6 Å². The summed E-state index contributed by atoms with van der Waals surface area (Å²) in [6, 6.07) is 15.6. The van der Waals surface area contributed by atoms with E-state index in [9.17, 15) is 4.79 Å². The van der Waals surface area contributed by atoms with E-state index in [0.29, 0.717) is 11.1 Å². The van der Waals surface area contributed by atoms with Gasteiger partial charge in [-0.15, -0.1) is 5.10 Å². The molecule has 0 aliphatic rings. The van der Waals surface area contributed by atoms with E-state index in [1.165, 1.54) is 11.8 Å². The summed E-state index contributed by atoms with van der Waals surface area (Å²) in [5, 5.41) is 14.3. The maximum Gasteiger partial charge on any atom is 0.240 e. The van der Waals surface area contributed by atoms with E-state index < -0.39 is 0 Å². The Morgan fingerprint density at radius 3 is 2.63 bits per heavy atom. The highest BCUT2D eigenvalue weighted by atomic mass is 32.2. The van der Waals surface area contributed by atoms with Crippen LogP contribution < -0.4 is 10.7 Å². The van der Waals surface area contributed by atoms with Crippen LogP contribution >= 0.6 is 11.8 Å². The van der Waals surface area contributed by atoms with Crippen molar-refractivity contribution < 1.29 is 4.79 Å². The lowest BCUT2D eigenvalue weighted by atomic mass is 10.1. The predicted molar refractivity (Wildman–Crippen MR) is 109 cm³/mol. The van der Waals surface area contributed by atoms with Crippen LogP contribution in [0.25, 0.3) is 0 Å². The van der Waals surface area contributed by atoms with Gasteiger partial charge in [-0.25, -0.2) is 10.5 Å². The Balaban J connectivity index is 1.49. The number of amides is 1. The summed E-state index contributed by atoms with van der Waals surface area (Å²) >= 11 is 1.25. The standard InChI is InChI=1S/C19H20N6OS/c1-13-7-6-8-14(2)17(13)21-16(26)12-27-19-22-18(24-25-19)23-20-11-15-9-4-3-5-10-15/h3-11H,12H2,1-2H3,(H,21,26)(H2,22,23,24,25)/b20-11-. The van der Waals surface area contributed by atoms with E-state index in [1.807, 2.05) is 62.4 Å². The number of nitrogens with zero attached hydrogens (tertiary/aromatic N) is 3. The Morgan fingerprint density at radius 2 is 1.89 bits per heavy atom. The fourth-order valence-corrected chi connectivity index (χ4v) is 2.98. The molecule has 0 atom stereocenters. The van der Waals surface area contributed by atoms with E-state index in [-0.39, 0.29) is 11.7 Å². The zero-order chi connectivity index (χ0) is 19.1. The van der Waals surface area contributed by atoms with Gasteiger partial charge in [-0.05, 0) is 30.5 Å². The van der Waals surface area contributed by atoms with Crippen LogP contribution in [-0.2, 0) is 4.79 Å². The number of anilines is 2. The molecule has 2 aromatic carbocycles. The van der Waals surface area contributed by atoms with Crippen molar-refractivity contribution in [2.75, 3.05) is 16.5 Å². The minimum Gasteiger partial charge on any atom is -0.325 e. The number of aromatic nitrogens is 3. The van der Waals surface area contributed by atoms with Gasteiger partial charge in [-0.1, -0.05) is 60.3 Å². The van der Waals surface area contributed by atoms with Gasteiger partial charge in [0, 0.05) is 5.69 Å². The lowest BCUT2D eigenvalue weighted by molar-refractivity contribution is -0.113. The van der Waals surface area contributed by atoms with Gasteiger partial charge < -0.3 is 5.32 Å². The first-order valence-electron chi connectivity index (χ1n) is 8.37. The van der Waals surface area contributed by atoms with Crippen molar-refractivity contribution in [1.82, 2.24) is 15.2 Å². The molecule has 3 N–H and O–H groups in total. The zero-order valence-corrected chi connectivity index (χ0v) is 15.9. The third kappa shape index (κ3) is 5.42. The minimum absolute atomic E-state index is 0.0983. The summed E-state index contributed by atoms with van der Waals surface area (Å²) < 4.78 is 0. The maximum absolute atomic E-state index is 12.2. The van der Waals surface area contributed by atoms with Crippen molar-refractivity contribution >= 4 is 35.5 Å². The summed E-state index contributed by atoms with van der Waals surface area (Å²) in [6.07, 6.45) is 1.69. The lowest BCUT2D eigenvalue weighted by Gasteiger charge is -2.10. The first kappa shape index (κ1) is 18.7. The Bertz CT molecular complexity index is 918. The molecule has 0 saturated heterocycles. The number of H-pyrrole nitrogens is 1. The summed E-state index contributed by atoms with van der Waals surface area (Å²) in [4.78, 5) is 16.4. The summed E-state index contributed by atoms with van der Waals surface area (Å²) in [5.41, 5.74) is 6.69. The first-order valence-corrected chi connectivity index (χ1v) is 9.36. The average molecular weight is 380 g/mol. The Morgan fingerprint density at radius 1 is 1.15 bits per heavy atom. The number of hydrogen-bond donors (Lipinski definition) is 3. The van der Waals surface area contributed by atoms with Crippen LogP contribution in [0.2, 0.25) is 0 Å². The molecule has 0 radical (unpaired) electrons. The molecule has 1 aromatic heterocycles. The molecule has 0 saturated carbocycles. The molecule has 3 rings (SSSR count). The van der Waals surface area contributed by atoms with Gasteiger partial charge in [0.05, 0.1) is 12.0 Å². The predicted octanol–water partition coefficient (Wildman–Crippen LogP) is 3.60. The molecule has 27 heavy (non-hydrogen) atoms. The quantitative estimate of drug-likeness (QED) is 0.331. The molecular formula is C19H20N6OS. The van der Waals surface area contributed by atoms with Gasteiger partial charge in [0.1, 0.15) is 0 Å². The number of para-hydroxylation sites is 1. The molecule has 0 bridgehead atoms. The molecule has 0 spiro atoms. The van der Waals surface area contributed by atoms with Crippen LogP contribution in [0, 0.1) is 13.8 Å². The van der Waals surface area contributed by atoms with E-state index in [0.717, 1.165) is 22.4 Å². The van der Waals surface area contributed by atoms with Crippen molar-refractivity contribution in [3.63, 3.8) is 0 Å². The number of nitrogens with one attached hydrogen (secondary N) is 3. The van der Waals surface area contributed by atoms with Crippen LogP contribution in [0.1, 0.15) is 16.7 Å². The van der Waals surface area contributed by atoms with Crippen LogP contribution in [0.3, 0.4) is 0 Å². The SMILES string of the molecule is Cc1cccc(C)c1NC(=O)CSc1n[nH]c(N/N=C\c2ccccc2)n1. The molecular weight excluding hydrogens is 360 g/mol. The number of hydrazone groups is 1. The molecule has 138 valence electrons. The fraction of sp³-hybridized carbons (Fsp3) is 0.158. The van der Waals surface area contributed by atoms with E-state index in [1.54, 1.807) is 6.21 Å². The second-order valence-corrected chi connectivity index (χ2v) is 6.79. The molecule has 1 heterocycles. The van der Waals surface area contributed by atoms with Crippen LogP contribution in [-0.4, -0.2) is 33.1 Å². The third-order valence-electron chi connectivity index (χ3n) is 3.73. The number of benzene rings is 2. The van der Waals surface area contributed by atoms with E-state index >= 15 is 0 Å². The van der Waals surface area contributed by atoms with E-state index in [2.05, 4.69) is 31.0 Å². The molecule has 0 aliphatic heterocycles. The van der Waals surface area contributed by atoms with Crippen LogP contribution in [0.15, 0.2) is 58.8 Å². The summed E-state index contributed by atoms with van der Waals surface area (Å²) in [6.45, 7) is 3.94. The summed E-state index contributed by atoms with van der Waals surface area (Å²) in [5.74, 6) is 0.539. The summed E-state index contributed by atoms with van der Waals surface area (Å²) in [7, 11) is 0. The third-order valence-corrected chi connectivity index (χ3v) is 4.57. The lowest BCUT2D eigenvalue weighted by Crippen LogP contribution is -2.15. The van der Waals surface area contributed by atoms with Gasteiger partial charge in [0.2, 0.25) is 17.0 Å². The van der Waals surface area contributed by atoms with Gasteiger partial charge in [-0.2, -0.15) is 10.1 Å². The van der Waals surface area contributed by atoms with Crippen molar-refractivity contribution in [2.45, 2.75) is 19.0 Å². The van der Waals surface area contributed by atoms with Gasteiger partial charge in [0.25, 0.3) is 0 Å². The molecule has 0 unspecified atom stereocenters. The maximum atomic E-state index is 12.2. The number of carbonyl (C=O) groups excluding carboxylic acids is 1. The van der Waals surface area contributed by atoms with Gasteiger partial charge in [0.15, 0.2) is 0 Å². The van der Waals surface area contributed by atoms with E-state index in [4.69, 9.17) is 0 Å². The van der Waals surface area contributed by atoms with Gasteiger partial charge >= 0.3 is 0 Å². The second kappa shape index (κ2) is 9.00. The highest BCUT2D eigenvalue weighted by molar-refractivity contribution is 7.99. The number of rotatable bonds is 7. The minimum atomic E-state index is -0.0983. The first-order chi connectivity index (χ1) is 13.1. The molecule has 0 fully saturated rings.